The maximum absolute atomic E-state index is 5.57. The van der Waals surface area contributed by atoms with Crippen LogP contribution in [0, 0.1) is 0 Å². The van der Waals surface area contributed by atoms with Crippen LogP contribution in [0.25, 0.3) is 10.9 Å². The van der Waals surface area contributed by atoms with E-state index >= 15 is 0 Å². The molecule has 56 valence electrons. The van der Waals surface area contributed by atoms with Crippen molar-refractivity contribution in [2.24, 2.45) is 0 Å². The molecule has 4 heteroatoms. The lowest BCUT2D eigenvalue weighted by Gasteiger charge is -1.91. The fourth-order valence-electron chi connectivity index (χ4n) is 1.05. The van der Waals surface area contributed by atoms with Gasteiger partial charge in [0.2, 0.25) is 0 Å². The van der Waals surface area contributed by atoms with Crippen LogP contribution in [0.5, 0.6) is 0 Å². The average molecular weight is 165 g/mol. The highest BCUT2D eigenvalue weighted by atomic mass is 32.1. The Hall–Kier alpha value is -1.16. The van der Waals surface area contributed by atoms with Gasteiger partial charge < -0.3 is 5.73 Å². The van der Waals surface area contributed by atoms with Crippen LogP contribution in [0.3, 0.4) is 0 Å². The van der Waals surface area contributed by atoms with Crippen LogP contribution in [0.1, 0.15) is 0 Å². The number of nitrogens with zero attached hydrogens (tertiary/aromatic N) is 1. The zero-order valence-corrected chi connectivity index (χ0v) is 6.60. The lowest BCUT2D eigenvalue weighted by molar-refractivity contribution is 1.12. The van der Waals surface area contributed by atoms with Crippen LogP contribution in [0.4, 0.5) is 5.82 Å². The number of hydrogen-bond donors (Lipinski definition) is 3. The van der Waals surface area contributed by atoms with E-state index in [0.717, 1.165) is 15.8 Å². The number of nitrogens with one attached hydrogen (secondary N) is 1. The van der Waals surface area contributed by atoms with Crippen molar-refractivity contribution in [3.05, 3.63) is 18.2 Å². The Morgan fingerprint density at radius 2 is 2.27 bits per heavy atom. The molecule has 0 atom stereocenters. The molecule has 1 aromatic carbocycles. The second kappa shape index (κ2) is 2.17. The SMILES string of the molecule is Nc1n[nH]c2c(S)cccc12. The summed E-state index contributed by atoms with van der Waals surface area (Å²) in [6, 6.07) is 5.70. The summed E-state index contributed by atoms with van der Waals surface area (Å²) in [6.07, 6.45) is 0. The number of anilines is 1. The van der Waals surface area contributed by atoms with Gasteiger partial charge in [0.1, 0.15) is 0 Å². The van der Waals surface area contributed by atoms with Crippen LogP contribution in [0.2, 0.25) is 0 Å². The normalized spacial score (nSPS) is 10.6. The third-order valence-corrected chi connectivity index (χ3v) is 1.98. The largest absolute Gasteiger partial charge is 0.382 e. The van der Waals surface area contributed by atoms with Crippen molar-refractivity contribution in [1.82, 2.24) is 10.2 Å². The van der Waals surface area contributed by atoms with Crippen molar-refractivity contribution < 1.29 is 0 Å². The molecule has 0 spiro atoms. The molecule has 0 saturated heterocycles. The highest BCUT2D eigenvalue weighted by molar-refractivity contribution is 7.80. The second-order valence-corrected chi connectivity index (χ2v) is 2.79. The summed E-state index contributed by atoms with van der Waals surface area (Å²) in [4.78, 5) is 0.867. The number of nitrogens with two attached hydrogens (primary N) is 1. The highest BCUT2D eigenvalue weighted by Gasteiger charge is 2.02. The van der Waals surface area contributed by atoms with Gasteiger partial charge in [-0.05, 0) is 12.1 Å². The van der Waals surface area contributed by atoms with E-state index in [1.807, 2.05) is 18.2 Å². The molecule has 2 rings (SSSR count). The van der Waals surface area contributed by atoms with Gasteiger partial charge in [-0.15, -0.1) is 12.6 Å². The Labute approximate surface area is 69.0 Å². The number of hydrogen-bond acceptors (Lipinski definition) is 3. The van der Waals surface area contributed by atoms with E-state index in [2.05, 4.69) is 22.8 Å². The number of rotatable bonds is 0. The summed E-state index contributed by atoms with van der Waals surface area (Å²) in [5, 5.41) is 7.59. The van der Waals surface area contributed by atoms with E-state index in [0.29, 0.717) is 5.82 Å². The molecular formula is C7H7N3S. The Kier molecular flexibility index (Phi) is 1.29. The summed E-state index contributed by atoms with van der Waals surface area (Å²) in [6.45, 7) is 0. The first-order valence-corrected chi connectivity index (χ1v) is 3.65. The first-order valence-electron chi connectivity index (χ1n) is 3.20. The van der Waals surface area contributed by atoms with Gasteiger partial charge in [0.15, 0.2) is 5.82 Å². The molecule has 0 bridgehead atoms. The van der Waals surface area contributed by atoms with Gasteiger partial charge in [0.05, 0.1) is 5.52 Å². The van der Waals surface area contributed by atoms with Crippen LogP contribution in [-0.2, 0) is 0 Å². The number of aromatic amines is 1. The van der Waals surface area contributed by atoms with Gasteiger partial charge in [0, 0.05) is 10.3 Å². The lowest BCUT2D eigenvalue weighted by atomic mass is 10.2. The minimum atomic E-state index is 0.524. The number of fused-ring (bicyclic) bond motifs is 1. The van der Waals surface area contributed by atoms with Crippen LogP contribution >= 0.6 is 12.6 Å². The Bertz CT molecular complexity index is 393. The smallest absolute Gasteiger partial charge is 0.153 e. The molecule has 3 nitrogen and oxygen atoms in total. The molecule has 1 heterocycles. The molecule has 0 aliphatic rings. The van der Waals surface area contributed by atoms with E-state index in [1.54, 1.807) is 0 Å². The van der Waals surface area contributed by atoms with Crippen molar-refractivity contribution in [3.63, 3.8) is 0 Å². The number of para-hydroxylation sites is 1. The van der Waals surface area contributed by atoms with Gasteiger partial charge in [-0.3, -0.25) is 5.10 Å². The van der Waals surface area contributed by atoms with Crippen molar-refractivity contribution in [2.45, 2.75) is 4.90 Å². The van der Waals surface area contributed by atoms with Crippen LogP contribution in [0.15, 0.2) is 23.1 Å². The number of H-pyrrole nitrogens is 1. The highest BCUT2D eigenvalue weighted by Crippen LogP contribution is 2.22. The van der Waals surface area contributed by atoms with E-state index in [4.69, 9.17) is 5.73 Å². The summed E-state index contributed by atoms with van der Waals surface area (Å²) in [7, 11) is 0. The van der Waals surface area contributed by atoms with E-state index in [1.165, 1.54) is 0 Å². The Morgan fingerprint density at radius 1 is 1.45 bits per heavy atom. The van der Waals surface area contributed by atoms with Crippen molar-refractivity contribution in [3.8, 4) is 0 Å². The van der Waals surface area contributed by atoms with Crippen molar-refractivity contribution in [2.75, 3.05) is 5.73 Å². The minimum Gasteiger partial charge on any atom is -0.382 e. The summed E-state index contributed by atoms with van der Waals surface area (Å²) < 4.78 is 0. The number of benzene rings is 1. The van der Waals surface area contributed by atoms with Gasteiger partial charge in [0.25, 0.3) is 0 Å². The van der Waals surface area contributed by atoms with Crippen LogP contribution in [-0.4, -0.2) is 10.2 Å². The zero-order valence-electron chi connectivity index (χ0n) is 5.70. The topological polar surface area (TPSA) is 54.7 Å². The van der Waals surface area contributed by atoms with Crippen molar-refractivity contribution in [1.29, 1.82) is 0 Å². The molecule has 0 aliphatic heterocycles. The van der Waals surface area contributed by atoms with E-state index in [-0.39, 0.29) is 0 Å². The quantitative estimate of drug-likeness (QED) is 0.517. The Balaban J connectivity index is 2.94. The monoisotopic (exact) mass is 165 g/mol. The molecule has 0 fully saturated rings. The molecule has 0 radical (unpaired) electrons. The summed E-state index contributed by atoms with van der Waals surface area (Å²) in [5.74, 6) is 0.524. The molecule has 0 amide bonds. The molecule has 0 saturated carbocycles. The summed E-state index contributed by atoms with van der Waals surface area (Å²) in [5.41, 5.74) is 6.47. The first-order chi connectivity index (χ1) is 5.29. The number of thiol groups is 1. The molecule has 11 heavy (non-hydrogen) atoms. The second-order valence-electron chi connectivity index (χ2n) is 2.31. The minimum absolute atomic E-state index is 0.524. The fourth-order valence-corrected chi connectivity index (χ4v) is 1.30. The van der Waals surface area contributed by atoms with E-state index in [9.17, 15) is 0 Å². The Morgan fingerprint density at radius 3 is 3.00 bits per heavy atom. The fraction of sp³-hybridized carbons (Fsp3) is 0. The lowest BCUT2D eigenvalue weighted by Crippen LogP contribution is -1.83. The molecule has 0 aliphatic carbocycles. The van der Waals surface area contributed by atoms with Crippen molar-refractivity contribution >= 4 is 29.3 Å². The third kappa shape index (κ3) is 0.867. The first kappa shape index (κ1) is 6.54. The maximum atomic E-state index is 5.57. The standard InChI is InChI=1S/C7H7N3S/c8-7-4-2-1-3-5(11)6(4)9-10-7/h1-3,11H,(H3,8,9,10). The third-order valence-electron chi connectivity index (χ3n) is 1.61. The predicted molar refractivity (Wildman–Crippen MR) is 47.8 cm³/mol. The zero-order chi connectivity index (χ0) is 7.84. The maximum Gasteiger partial charge on any atom is 0.153 e. The molecule has 0 unspecified atom stereocenters. The van der Waals surface area contributed by atoms with Gasteiger partial charge >= 0.3 is 0 Å². The van der Waals surface area contributed by atoms with Crippen LogP contribution < -0.4 is 5.73 Å². The average Bonchev–Trinajstić information content (AvgIpc) is 2.35. The molecule has 2 aromatic rings. The number of aromatic nitrogens is 2. The molecule has 1 aromatic heterocycles. The number of nitrogen functional groups attached to an aromatic ring is 1. The predicted octanol–water partition coefficient (Wildman–Crippen LogP) is 1.43. The summed E-state index contributed by atoms with van der Waals surface area (Å²) >= 11 is 4.24. The van der Waals surface area contributed by atoms with Gasteiger partial charge in [-0.2, -0.15) is 5.10 Å². The van der Waals surface area contributed by atoms with Gasteiger partial charge in [-0.25, -0.2) is 0 Å². The molecule has 3 N–H and O–H groups in total. The van der Waals surface area contributed by atoms with E-state index < -0.39 is 0 Å². The molecular weight excluding hydrogens is 158 g/mol. The van der Waals surface area contributed by atoms with Gasteiger partial charge in [-0.1, -0.05) is 6.07 Å².